The van der Waals surface area contributed by atoms with Gasteiger partial charge in [-0.1, -0.05) is 25.1 Å². The van der Waals surface area contributed by atoms with Crippen LogP contribution < -0.4 is 24.7 Å². The number of ether oxygens (including phenoxy) is 3. The summed E-state index contributed by atoms with van der Waals surface area (Å²) in [4.78, 5) is 12.0. The maximum absolute atomic E-state index is 12.1. The van der Waals surface area contributed by atoms with E-state index in [-0.39, 0.29) is 29.1 Å². The van der Waals surface area contributed by atoms with Crippen molar-refractivity contribution in [2.45, 2.75) is 24.7 Å². The molecule has 0 saturated carbocycles. The Hall–Kier alpha value is -2.78. The lowest BCUT2D eigenvalue weighted by molar-refractivity contribution is -0.123. The second-order valence-electron chi connectivity index (χ2n) is 6.33. The fourth-order valence-corrected chi connectivity index (χ4v) is 3.38. The Morgan fingerprint density at radius 2 is 1.76 bits per heavy atom. The van der Waals surface area contributed by atoms with Crippen LogP contribution in [0.25, 0.3) is 0 Å². The first-order valence-electron chi connectivity index (χ1n) is 9.08. The Bertz CT molecular complexity index is 946. The third kappa shape index (κ3) is 6.37. The standard InChI is InChI=1S/C20H26N2O6S/c1-4-27-16-7-5-6-8-17(16)28-13-20(23)22-12-14(2)15-9-10-18(26-3)19(11-15)29(21,24)25/h5-11,14H,4,12-13H2,1-3H3,(H,22,23)(H2,21,24,25). The van der Waals surface area contributed by atoms with Crippen molar-refractivity contribution in [2.75, 3.05) is 26.9 Å². The highest BCUT2D eigenvalue weighted by Gasteiger charge is 2.18. The molecule has 1 atom stereocenters. The number of nitrogens with two attached hydrogens (primary N) is 1. The minimum Gasteiger partial charge on any atom is -0.495 e. The Balaban J connectivity index is 1.95. The van der Waals surface area contributed by atoms with Crippen LogP contribution in [-0.4, -0.2) is 41.2 Å². The quantitative estimate of drug-likeness (QED) is 0.605. The van der Waals surface area contributed by atoms with Crippen molar-refractivity contribution in [1.82, 2.24) is 5.32 Å². The molecule has 1 unspecified atom stereocenters. The highest BCUT2D eigenvalue weighted by molar-refractivity contribution is 7.89. The third-order valence-electron chi connectivity index (χ3n) is 4.18. The average molecular weight is 423 g/mol. The molecule has 2 aromatic rings. The van der Waals surface area contributed by atoms with Gasteiger partial charge in [0.2, 0.25) is 10.0 Å². The van der Waals surface area contributed by atoms with E-state index in [4.69, 9.17) is 19.3 Å². The fourth-order valence-electron chi connectivity index (χ4n) is 2.65. The van der Waals surface area contributed by atoms with Crippen molar-refractivity contribution >= 4 is 15.9 Å². The summed E-state index contributed by atoms with van der Waals surface area (Å²) in [5, 5.41) is 8.02. The molecule has 8 nitrogen and oxygen atoms in total. The predicted molar refractivity (Wildman–Crippen MR) is 109 cm³/mol. The molecule has 0 aliphatic rings. The van der Waals surface area contributed by atoms with Crippen molar-refractivity contribution < 1.29 is 27.4 Å². The summed E-state index contributed by atoms with van der Waals surface area (Å²) in [7, 11) is -2.55. The number of amides is 1. The predicted octanol–water partition coefficient (Wildman–Crippen LogP) is 2.04. The number of carbonyl (C=O) groups is 1. The van der Waals surface area contributed by atoms with Gasteiger partial charge in [-0.2, -0.15) is 0 Å². The average Bonchev–Trinajstić information content (AvgIpc) is 2.70. The van der Waals surface area contributed by atoms with Gasteiger partial charge in [-0.15, -0.1) is 0 Å². The summed E-state index contributed by atoms with van der Waals surface area (Å²) in [6, 6.07) is 11.9. The van der Waals surface area contributed by atoms with Gasteiger partial charge in [-0.05, 0) is 42.7 Å². The first kappa shape index (κ1) is 22.5. The molecule has 2 rings (SSSR count). The highest BCUT2D eigenvalue weighted by Crippen LogP contribution is 2.27. The van der Waals surface area contributed by atoms with Crippen LogP contribution in [0.3, 0.4) is 0 Å². The minimum absolute atomic E-state index is 0.0912. The van der Waals surface area contributed by atoms with Crippen LogP contribution in [0.1, 0.15) is 25.3 Å². The summed E-state index contributed by atoms with van der Waals surface area (Å²) in [6.07, 6.45) is 0. The molecule has 2 aromatic carbocycles. The number of nitrogens with one attached hydrogen (secondary N) is 1. The Morgan fingerprint density at radius 3 is 2.34 bits per heavy atom. The Kier molecular flexibility index (Phi) is 7.86. The molecule has 0 aliphatic heterocycles. The lowest BCUT2D eigenvalue weighted by atomic mass is 10.0. The molecular weight excluding hydrogens is 396 g/mol. The van der Waals surface area contributed by atoms with Gasteiger partial charge in [0, 0.05) is 6.54 Å². The van der Waals surface area contributed by atoms with E-state index in [9.17, 15) is 13.2 Å². The molecule has 3 N–H and O–H groups in total. The molecule has 0 bridgehead atoms. The number of para-hydroxylation sites is 2. The molecule has 0 fully saturated rings. The van der Waals surface area contributed by atoms with Gasteiger partial charge in [0.05, 0.1) is 13.7 Å². The number of benzene rings is 2. The number of methoxy groups -OCH3 is 1. The fraction of sp³-hybridized carbons (Fsp3) is 0.350. The van der Waals surface area contributed by atoms with Gasteiger partial charge >= 0.3 is 0 Å². The van der Waals surface area contributed by atoms with Crippen LogP contribution in [0, 0.1) is 0 Å². The summed E-state index contributed by atoms with van der Waals surface area (Å²) in [5.41, 5.74) is 0.706. The monoisotopic (exact) mass is 422 g/mol. The van der Waals surface area contributed by atoms with Crippen LogP contribution in [0.2, 0.25) is 0 Å². The highest BCUT2D eigenvalue weighted by atomic mass is 32.2. The van der Waals surface area contributed by atoms with Crippen LogP contribution >= 0.6 is 0 Å². The van der Waals surface area contributed by atoms with Gasteiger partial charge < -0.3 is 19.5 Å². The van der Waals surface area contributed by atoms with E-state index in [1.54, 1.807) is 30.3 Å². The molecule has 0 heterocycles. The van der Waals surface area contributed by atoms with Crippen molar-refractivity contribution in [3.8, 4) is 17.2 Å². The van der Waals surface area contributed by atoms with Gasteiger partial charge in [-0.25, -0.2) is 13.6 Å². The van der Waals surface area contributed by atoms with Gasteiger partial charge in [0.1, 0.15) is 10.6 Å². The zero-order valence-corrected chi connectivity index (χ0v) is 17.5. The zero-order chi connectivity index (χ0) is 21.4. The van der Waals surface area contributed by atoms with Crippen LogP contribution in [-0.2, 0) is 14.8 Å². The number of rotatable bonds is 10. The summed E-state index contributed by atoms with van der Waals surface area (Å²) >= 11 is 0. The van der Waals surface area contributed by atoms with Crippen LogP contribution in [0.5, 0.6) is 17.2 Å². The second-order valence-corrected chi connectivity index (χ2v) is 7.86. The molecule has 0 radical (unpaired) electrons. The van der Waals surface area contributed by atoms with E-state index < -0.39 is 10.0 Å². The van der Waals surface area contributed by atoms with Crippen molar-refractivity contribution in [3.05, 3.63) is 48.0 Å². The third-order valence-corrected chi connectivity index (χ3v) is 5.11. The number of carbonyl (C=O) groups excluding carboxylic acids is 1. The normalized spacial score (nSPS) is 12.1. The minimum atomic E-state index is -3.93. The maximum Gasteiger partial charge on any atom is 0.257 e. The van der Waals surface area contributed by atoms with E-state index in [2.05, 4.69) is 5.32 Å². The molecule has 9 heteroatoms. The molecule has 29 heavy (non-hydrogen) atoms. The molecule has 0 aliphatic carbocycles. The molecule has 0 saturated heterocycles. The largest absolute Gasteiger partial charge is 0.495 e. The maximum atomic E-state index is 12.1. The van der Waals surface area contributed by atoms with E-state index in [0.29, 0.717) is 30.2 Å². The summed E-state index contributed by atoms with van der Waals surface area (Å²) < 4.78 is 39.5. The first-order valence-corrected chi connectivity index (χ1v) is 10.6. The molecule has 0 spiro atoms. The van der Waals surface area contributed by atoms with E-state index >= 15 is 0 Å². The lowest BCUT2D eigenvalue weighted by Crippen LogP contribution is -2.32. The van der Waals surface area contributed by atoms with E-state index in [1.165, 1.54) is 13.2 Å². The van der Waals surface area contributed by atoms with Gasteiger partial charge in [-0.3, -0.25) is 4.79 Å². The summed E-state index contributed by atoms with van der Waals surface area (Å²) in [6.45, 7) is 4.35. The van der Waals surface area contributed by atoms with Crippen LogP contribution in [0.15, 0.2) is 47.4 Å². The van der Waals surface area contributed by atoms with Crippen molar-refractivity contribution in [1.29, 1.82) is 0 Å². The molecular formula is C20H26N2O6S. The zero-order valence-electron chi connectivity index (χ0n) is 16.7. The van der Waals surface area contributed by atoms with Gasteiger partial charge in [0.15, 0.2) is 18.1 Å². The van der Waals surface area contributed by atoms with E-state index in [1.807, 2.05) is 19.9 Å². The number of primary sulfonamides is 1. The Morgan fingerprint density at radius 1 is 1.10 bits per heavy atom. The summed E-state index contributed by atoms with van der Waals surface area (Å²) in [5.74, 6) is 0.786. The lowest BCUT2D eigenvalue weighted by Gasteiger charge is -2.16. The second kappa shape index (κ2) is 10.1. The molecule has 0 aromatic heterocycles. The Labute approximate surface area is 171 Å². The van der Waals surface area contributed by atoms with Crippen molar-refractivity contribution in [3.63, 3.8) is 0 Å². The van der Waals surface area contributed by atoms with Crippen LogP contribution in [0.4, 0.5) is 0 Å². The van der Waals surface area contributed by atoms with E-state index in [0.717, 1.165) is 0 Å². The number of hydrogen-bond acceptors (Lipinski definition) is 6. The molecule has 158 valence electrons. The topological polar surface area (TPSA) is 117 Å². The van der Waals surface area contributed by atoms with Gasteiger partial charge in [0.25, 0.3) is 5.91 Å². The molecule has 1 amide bonds. The van der Waals surface area contributed by atoms with Crippen molar-refractivity contribution in [2.24, 2.45) is 5.14 Å². The first-order chi connectivity index (χ1) is 13.8. The smallest absolute Gasteiger partial charge is 0.257 e. The SMILES string of the molecule is CCOc1ccccc1OCC(=O)NCC(C)c1ccc(OC)c(S(N)(=O)=O)c1. The number of sulfonamides is 1. The number of hydrogen-bond donors (Lipinski definition) is 2.